The first-order valence-corrected chi connectivity index (χ1v) is 31.4. The molecule has 5 aromatic rings. The van der Waals surface area contributed by atoms with Crippen LogP contribution in [0, 0.1) is 5.92 Å². The predicted molar refractivity (Wildman–Crippen MR) is 326 cm³/mol. The molecular weight excluding hydrogens is 1100 g/mol. The number of nitrogens with one attached hydrogen (secondary N) is 4. The summed E-state index contributed by atoms with van der Waals surface area (Å²) in [5, 5.41) is 10.9. The normalized spacial score (nSPS) is 20.1. The first-order valence-electron chi connectivity index (χ1n) is 31.0. The zero-order chi connectivity index (χ0) is 59.1. The minimum Gasteiger partial charge on any atom is -0.449 e. The Bertz CT molecular complexity index is 3070. The molecule has 0 unspecified atom stereocenters. The number of aromatic nitrogens is 3. The number of carbonyl (C=O) groups is 5. The Morgan fingerprint density at radius 3 is 2.01 bits per heavy atom. The molecule has 5 fully saturated rings. The van der Waals surface area contributed by atoms with Gasteiger partial charge in [0.25, 0.3) is 0 Å². The van der Waals surface area contributed by atoms with Crippen molar-refractivity contribution in [2.45, 2.75) is 139 Å². The number of anilines is 1. The van der Waals surface area contributed by atoms with E-state index < -0.39 is 29.4 Å². The molecule has 2 aromatic heterocycles. The number of hydrogen-bond donors (Lipinski definition) is 4. The average Bonchev–Trinajstić information content (AvgIpc) is 4.14. The number of rotatable bonds is 17. The van der Waals surface area contributed by atoms with Crippen molar-refractivity contribution in [3.63, 3.8) is 0 Å². The summed E-state index contributed by atoms with van der Waals surface area (Å²) in [7, 11) is 0. The molecule has 19 nitrogen and oxygen atoms in total. The molecule has 6 aliphatic rings. The number of fused-ring (bicyclic) bond motifs is 4. The van der Waals surface area contributed by atoms with Crippen molar-refractivity contribution < 1.29 is 38.2 Å². The van der Waals surface area contributed by atoms with E-state index in [9.17, 15) is 24.0 Å². The van der Waals surface area contributed by atoms with E-state index in [0.717, 1.165) is 104 Å². The summed E-state index contributed by atoms with van der Waals surface area (Å²) in [5.41, 5.74) is 4.28. The van der Waals surface area contributed by atoms with Gasteiger partial charge < -0.3 is 49.8 Å². The number of likely N-dealkylation sites (tertiary alicyclic amines) is 2. The SMILES string of the molecule is CC(C)(C)OC(=O)NC1(C(=O)N[C@@H](CCN2CCN(C(=O)CN3CCC(OC4CCN(C(=O)[C@H](NC(=O)OCC5c6ccccc6-c6ccccc65)C5CCCCC5)CC4)CC3)CC2)c2ccc(Cl)cc2)CCN(c2ncnc3[nH]ccc23)CC1. The highest BCUT2D eigenvalue weighted by Crippen LogP contribution is 2.45. The maximum absolute atomic E-state index is 14.8. The molecule has 2 atom stereocenters. The Morgan fingerprint density at radius 2 is 1.35 bits per heavy atom. The molecule has 5 amide bonds. The second kappa shape index (κ2) is 26.9. The zero-order valence-electron chi connectivity index (χ0n) is 49.6. The molecule has 3 aromatic carbocycles. The van der Waals surface area contributed by atoms with E-state index in [1.54, 1.807) is 20.8 Å². The maximum atomic E-state index is 14.8. The van der Waals surface area contributed by atoms with Crippen LogP contribution < -0.4 is 20.9 Å². The van der Waals surface area contributed by atoms with E-state index in [2.05, 4.69) is 69.9 Å². The van der Waals surface area contributed by atoms with Crippen LogP contribution >= 0.6 is 11.6 Å². The first kappa shape index (κ1) is 59.9. The summed E-state index contributed by atoms with van der Waals surface area (Å²) >= 11 is 6.36. The maximum Gasteiger partial charge on any atom is 0.408 e. The van der Waals surface area contributed by atoms with Gasteiger partial charge in [0.05, 0.1) is 30.2 Å². The van der Waals surface area contributed by atoms with Gasteiger partial charge in [-0.3, -0.25) is 24.2 Å². The number of carbonyl (C=O) groups excluding carboxylic acids is 5. The van der Waals surface area contributed by atoms with Crippen LogP contribution in [0.4, 0.5) is 15.4 Å². The third-order valence-electron chi connectivity index (χ3n) is 18.5. The van der Waals surface area contributed by atoms with Crippen LogP contribution in [-0.2, 0) is 28.6 Å². The van der Waals surface area contributed by atoms with Crippen molar-refractivity contribution in [3.05, 3.63) is 113 Å². The molecule has 0 spiro atoms. The van der Waals surface area contributed by atoms with E-state index in [4.69, 9.17) is 25.8 Å². The van der Waals surface area contributed by atoms with Crippen LogP contribution in [0.2, 0.25) is 5.02 Å². The molecule has 85 heavy (non-hydrogen) atoms. The summed E-state index contributed by atoms with van der Waals surface area (Å²) in [6, 6.07) is 25.0. The van der Waals surface area contributed by atoms with Crippen molar-refractivity contribution in [1.29, 1.82) is 0 Å². The number of ether oxygens (including phenoxy) is 3. The van der Waals surface area contributed by atoms with Crippen LogP contribution in [-0.4, -0.2) is 179 Å². The Morgan fingerprint density at radius 1 is 0.706 bits per heavy atom. The Kier molecular flexibility index (Phi) is 18.9. The van der Waals surface area contributed by atoms with Gasteiger partial charge in [-0.2, -0.15) is 0 Å². The molecule has 454 valence electrons. The minimum atomic E-state index is -1.25. The summed E-state index contributed by atoms with van der Waals surface area (Å²) in [6.07, 6.45) is 11.8. The van der Waals surface area contributed by atoms with Gasteiger partial charge in [0, 0.05) is 89.1 Å². The summed E-state index contributed by atoms with van der Waals surface area (Å²) in [4.78, 5) is 92.6. The van der Waals surface area contributed by atoms with Gasteiger partial charge in [0.1, 0.15) is 41.6 Å². The number of benzene rings is 3. The number of aromatic amines is 1. The van der Waals surface area contributed by atoms with Crippen LogP contribution in [0.1, 0.15) is 126 Å². The van der Waals surface area contributed by atoms with E-state index in [-0.39, 0.29) is 54.4 Å². The van der Waals surface area contributed by atoms with Crippen LogP contribution in [0.3, 0.4) is 0 Å². The smallest absolute Gasteiger partial charge is 0.408 e. The van der Waals surface area contributed by atoms with Gasteiger partial charge >= 0.3 is 12.2 Å². The van der Waals surface area contributed by atoms with Gasteiger partial charge in [-0.25, -0.2) is 19.6 Å². The van der Waals surface area contributed by atoms with Gasteiger partial charge in [-0.05, 0) is 130 Å². The van der Waals surface area contributed by atoms with Crippen molar-refractivity contribution in [3.8, 4) is 11.1 Å². The lowest BCUT2D eigenvalue weighted by molar-refractivity contribution is -0.140. The standard InChI is InChI=1S/C65H84ClN11O8/c1-64(2,3)85-63(82)72-65(27-35-76(36-28-65)59-53-21-29-67-58(53)68-43-69-59)61(80)70-55(44-17-19-46(66)20-18-44)26-32-73-37-39-75(40-38-73)56(78)41-74-30-22-47(23-31-74)84-48-24-33-77(34-25-48)60(79)57(45-11-5-4-6-12-45)71-62(81)83-42-54-51-15-9-7-13-49(51)50-14-8-10-16-52(50)54/h7-10,13-21,29,43,45,47-48,54-55,57H,4-6,11-12,22-28,30-42H2,1-3H3,(H,70,80)(H,71,81)(H,72,82)(H,67,68,69)/t55-,57+/m0/s1. The molecule has 1 saturated carbocycles. The number of H-pyrrole nitrogens is 1. The largest absolute Gasteiger partial charge is 0.449 e. The number of amides is 5. The fourth-order valence-corrected chi connectivity index (χ4v) is 13.9. The molecule has 4 saturated heterocycles. The van der Waals surface area contributed by atoms with E-state index >= 15 is 0 Å². The quantitative estimate of drug-likeness (QED) is 0.0688. The number of piperazine rings is 1. The highest BCUT2D eigenvalue weighted by atomic mass is 35.5. The zero-order valence-corrected chi connectivity index (χ0v) is 50.3. The van der Waals surface area contributed by atoms with Crippen molar-refractivity contribution in [2.75, 3.05) is 90.0 Å². The lowest BCUT2D eigenvalue weighted by Gasteiger charge is -2.42. The third-order valence-corrected chi connectivity index (χ3v) is 18.7. The fourth-order valence-electron chi connectivity index (χ4n) is 13.8. The minimum absolute atomic E-state index is 0.0191. The van der Waals surface area contributed by atoms with Crippen LogP contribution in [0.5, 0.6) is 0 Å². The first-order chi connectivity index (χ1) is 41.1. The molecule has 20 heteroatoms. The van der Waals surface area contributed by atoms with Crippen molar-refractivity contribution >= 4 is 58.4 Å². The second-order valence-electron chi connectivity index (χ2n) is 25.2. The average molecular weight is 1180 g/mol. The van der Waals surface area contributed by atoms with E-state index in [0.29, 0.717) is 89.7 Å². The molecule has 0 radical (unpaired) electrons. The van der Waals surface area contributed by atoms with Crippen LogP contribution in [0.25, 0.3) is 22.2 Å². The van der Waals surface area contributed by atoms with E-state index in [1.165, 1.54) is 17.5 Å². The number of piperidine rings is 3. The lowest BCUT2D eigenvalue weighted by Crippen LogP contribution is -2.64. The van der Waals surface area contributed by atoms with E-state index in [1.807, 2.05) is 70.6 Å². The molecule has 2 aliphatic carbocycles. The topological polar surface area (TPSA) is 207 Å². The number of hydrogen-bond acceptors (Lipinski definition) is 13. The predicted octanol–water partition coefficient (Wildman–Crippen LogP) is 8.83. The monoisotopic (exact) mass is 1180 g/mol. The third kappa shape index (κ3) is 14.6. The molecule has 0 bridgehead atoms. The van der Waals surface area contributed by atoms with Gasteiger partial charge in [0.15, 0.2) is 0 Å². The van der Waals surface area contributed by atoms with Gasteiger partial charge in [-0.1, -0.05) is 91.5 Å². The molecule has 4 aliphatic heterocycles. The fraction of sp³-hybridized carbons (Fsp3) is 0.554. The molecule has 4 N–H and O–H groups in total. The number of alkyl carbamates (subject to hydrolysis) is 2. The Hall–Kier alpha value is -6.80. The van der Waals surface area contributed by atoms with Gasteiger partial charge in [-0.15, -0.1) is 0 Å². The molecule has 6 heterocycles. The number of halogens is 1. The second-order valence-corrected chi connectivity index (χ2v) is 25.6. The molecular formula is C65H84ClN11O8. The lowest BCUT2D eigenvalue weighted by atomic mass is 9.83. The van der Waals surface area contributed by atoms with Crippen molar-refractivity contribution in [2.24, 2.45) is 5.92 Å². The Balaban J connectivity index is 0.618. The number of nitrogens with zero attached hydrogens (tertiary/aromatic N) is 7. The summed E-state index contributed by atoms with van der Waals surface area (Å²) in [5.74, 6) is 0.625. The van der Waals surface area contributed by atoms with Gasteiger partial charge in [0.2, 0.25) is 17.7 Å². The highest BCUT2D eigenvalue weighted by molar-refractivity contribution is 6.30. The molecule has 11 rings (SSSR count). The Labute approximate surface area is 504 Å². The van der Waals surface area contributed by atoms with Crippen LogP contribution in [0.15, 0.2) is 91.4 Å². The highest BCUT2D eigenvalue weighted by Gasteiger charge is 2.45. The summed E-state index contributed by atoms with van der Waals surface area (Å²) < 4.78 is 18.4. The van der Waals surface area contributed by atoms with Crippen molar-refractivity contribution in [1.82, 2.24) is 50.5 Å². The summed E-state index contributed by atoms with van der Waals surface area (Å²) in [6.45, 7) is 13.0.